The molecule has 0 saturated carbocycles. The summed E-state index contributed by atoms with van der Waals surface area (Å²) in [7, 11) is 1.63. The maximum absolute atomic E-state index is 6.26. The van der Waals surface area contributed by atoms with E-state index in [2.05, 4.69) is 53.7 Å². The van der Waals surface area contributed by atoms with Crippen molar-refractivity contribution < 1.29 is 9.33 Å². The average Bonchev–Trinajstić information content (AvgIpc) is 3.24. The number of allylic oxidation sites excluding steroid dienone is 1. The Morgan fingerprint density at radius 2 is 1.90 bits per heavy atom. The summed E-state index contributed by atoms with van der Waals surface area (Å²) < 4.78 is 5.94. The van der Waals surface area contributed by atoms with Crippen molar-refractivity contribution in [2.24, 2.45) is 5.10 Å². The summed E-state index contributed by atoms with van der Waals surface area (Å²) in [6, 6.07) is 17.2. The number of rotatable bonds is 8. The Balaban J connectivity index is 1.34. The summed E-state index contributed by atoms with van der Waals surface area (Å²) in [5.74, 6) is 0.701. The van der Waals surface area contributed by atoms with Crippen LogP contribution < -0.4 is 10.1 Å². The van der Waals surface area contributed by atoms with E-state index in [9.17, 15) is 0 Å². The highest BCUT2D eigenvalue weighted by Crippen LogP contribution is 2.30. The molecular weight excluding hydrogens is 408 g/mol. The molecule has 2 aromatic carbocycles. The summed E-state index contributed by atoms with van der Waals surface area (Å²) in [6.45, 7) is 7.19. The fourth-order valence-corrected chi connectivity index (χ4v) is 4.87. The van der Waals surface area contributed by atoms with Gasteiger partial charge < -0.3 is 10.1 Å². The molecular formula is C25H32ClN4O+. The highest BCUT2D eigenvalue weighted by molar-refractivity contribution is 6.32. The van der Waals surface area contributed by atoms with Crippen LogP contribution in [0, 0.1) is 0 Å². The number of methoxy groups -OCH3 is 1. The zero-order valence-corrected chi connectivity index (χ0v) is 19.2. The van der Waals surface area contributed by atoms with Crippen molar-refractivity contribution in [2.45, 2.75) is 38.9 Å². The molecule has 1 fully saturated rings. The number of nitrogens with zero attached hydrogens (tertiary/aromatic N) is 3. The topological polar surface area (TPSA) is 36.9 Å². The van der Waals surface area contributed by atoms with Gasteiger partial charge in [0.2, 0.25) is 0 Å². The number of benzene rings is 2. The number of hydrogen-bond acceptors (Lipinski definition) is 4. The number of nitrogens with one attached hydrogen (secondary N) is 1. The summed E-state index contributed by atoms with van der Waals surface area (Å²) in [5.41, 5.74) is 3.60. The molecule has 2 aliphatic rings. The molecule has 0 aliphatic carbocycles. The number of halogens is 1. The van der Waals surface area contributed by atoms with Crippen LogP contribution in [0.15, 0.2) is 65.5 Å². The van der Waals surface area contributed by atoms with Gasteiger partial charge in [-0.15, -0.1) is 0 Å². The summed E-state index contributed by atoms with van der Waals surface area (Å²) >= 11 is 6.26. The molecule has 31 heavy (non-hydrogen) atoms. The van der Waals surface area contributed by atoms with E-state index < -0.39 is 0 Å². The van der Waals surface area contributed by atoms with Crippen molar-refractivity contribution in [2.75, 3.05) is 26.7 Å². The third-order valence-corrected chi connectivity index (χ3v) is 6.73. The monoisotopic (exact) mass is 439 g/mol. The van der Waals surface area contributed by atoms with E-state index in [0.29, 0.717) is 28.0 Å². The highest BCUT2D eigenvalue weighted by Gasteiger charge is 2.39. The van der Waals surface area contributed by atoms with Gasteiger partial charge >= 0.3 is 0 Å². The second-order valence-corrected chi connectivity index (χ2v) is 8.75. The molecule has 1 atom stereocenters. The van der Waals surface area contributed by atoms with Gasteiger partial charge in [-0.3, -0.25) is 4.90 Å². The first-order valence-electron chi connectivity index (χ1n) is 11.1. The minimum atomic E-state index is 0.531. The second kappa shape index (κ2) is 9.86. The smallest absolute Gasteiger partial charge is 0.148 e. The maximum atomic E-state index is 6.26. The summed E-state index contributed by atoms with van der Waals surface area (Å²) in [6.07, 6.45) is 6.61. The standard InChI is InChI=1S/C25H32ClN4O/c1-3-30(23-11-13-29(14-12-23)18-20-7-5-4-6-8-20)19-22(17-28-30)27-16-21-9-10-25(31-2)24(26)15-21/h4-10,15,17,19,23,27H,3,11-14,16,18H2,1-2H3/q+1. The Hall–Kier alpha value is -2.34. The molecule has 1 unspecified atom stereocenters. The molecule has 2 heterocycles. The Morgan fingerprint density at radius 1 is 1.13 bits per heavy atom. The number of likely N-dealkylation sites (tertiary alicyclic amines) is 1. The fourth-order valence-electron chi connectivity index (χ4n) is 4.59. The lowest BCUT2D eigenvalue weighted by Crippen LogP contribution is -2.51. The van der Waals surface area contributed by atoms with Gasteiger partial charge in [0.05, 0.1) is 12.1 Å². The molecule has 1 N–H and O–H groups in total. The van der Waals surface area contributed by atoms with E-state index in [1.165, 1.54) is 5.56 Å². The first kappa shape index (κ1) is 21.9. The maximum Gasteiger partial charge on any atom is 0.148 e. The quantitative estimate of drug-likeness (QED) is 0.601. The molecule has 1 saturated heterocycles. The molecule has 6 heteroatoms. The van der Waals surface area contributed by atoms with Crippen LogP contribution in [0.4, 0.5) is 0 Å². The zero-order valence-electron chi connectivity index (χ0n) is 18.4. The Labute approximate surface area is 190 Å². The Morgan fingerprint density at radius 3 is 2.58 bits per heavy atom. The minimum Gasteiger partial charge on any atom is -0.495 e. The predicted octanol–water partition coefficient (Wildman–Crippen LogP) is 4.78. The number of ether oxygens (including phenoxy) is 1. The third-order valence-electron chi connectivity index (χ3n) is 6.43. The summed E-state index contributed by atoms with van der Waals surface area (Å²) in [4.78, 5) is 2.56. The first-order chi connectivity index (χ1) is 15.1. The third kappa shape index (κ3) is 5.12. The van der Waals surface area contributed by atoms with Gasteiger partial charge in [0.25, 0.3) is 0 Å². The van der Waals surface area contributed by atoms with Crippen LogP contribution in [0.1, 0.15) is 30.9 Å². The van der Waals surface area contributed by atoms with Gasteiger partial charge in [0, 0.05) is 39.0 Å². The van der Waals surface area contributed by atoms with E-state index in [1.54, 1.807) is 7.11 Å². The van der Waals surface area contributed by atoms with Crippen molar-refractivity contribution in [3.8, 4) is 5.75 Å². The van der Waals surface area contributed by atoms with E-state index in [0.717, 1.165) is 50.3 Å². The van der Waals surface area contributed by atoms with E-state index in [4.69, 9.17) is 21.4 Å². The molecule has 0 amide bonds. The van der Waals surface area contributed by atoms with E-state index in [1.807, 2.05) is 24.4 Å². The lowest BCUT2D eigenvalue weighted by molar-refractivity contribution is -0.908. The molecule has 0 aromatic heterocycles. The van der Waals surface area contributed by atoms with E-state index >= 15 is 0 Å². The van der Waals surface area contributed by atoms with Gasteiger partial charge in [-0.05, 0) is 30.2 Å². The van der Waals surface area contributed by atoms with Crippen LogP contribution in [-0.2, 0) is 13.1 Å². The normalized spacial score (nSPS) is 21.8. The summed E-state index contributed by atoms with van der Waals surface area (Å²) in [5, 5.41) is 9.10. The molecule has 5 nitrogen and oxygen atoms in total. The van der Waals surface area contributed by atoms with Crippen LogP contribution in [0.5, 0.6) is 5.75 Å². The van der Waals surface area contributed by atoms with Crippen molar-refractivity contribution in [3.05, 3.63) is 76.6 Å². The number of quaternary nitrogens is 1. The molecule has 2 aliphatic heterocycles. The van der Waals surface area contributed by atoms with Gasteiger partial charge in [-0.1, -0.05) is 53.1 Å². The molecule has 0 radical (unpaired) electrons. The minimum absolute atomic E-state index is 0.531. The van der Waals surface area contributed by atoms with Crippen LogP contribution in [0.3, 0.4) is 0 Å². The van der Waals surface area contributed by atoms with Crippen LogP contribution in [-0.4, -0.2) is 48.5 Å². The van der Waals surface area contributed by atoms with Crippen LogP contribution in [0.2, 0.25) is 5.02 Å². The van der Waals surface area contributed by atoms with Gasteiger partial charge in [-0.2, -0.15) is 4.59 Å². The SMILES string of the molecule is CC[N+]1(C2CCN(Cc3ccccc3)CC2)C=C(NCc2ccc(OC)c(Cl)c2)C=N1. The second-order valence-electron chi connectivity index (χ2n) is 8.35. The number of piperidine rings is 1. The first-order valence-corrected chi connectivity index (χ1v) is 11.5. The van der Waals surface area contributed by atoms with E-state index in [-0.39, 0.29) is 0 Å². The zero-order chi connectivity index (χ0) is 21.7. The van der Waals surface area contributed by atoms with Crippen molar-refractivity contribution in [3.63, 3.8) is 0 Å². The molecule has 0 spiro atoms. The van der Waals surface area contributed by atoms with Crippen molar-refractivity contribution in [1.82, 2.24) is 10.2 Å². The Kier molecular flexibility index (Phi) is 6.96. The molecule has 0 bridgehead atoms. The lowest BCUT2D eigenvalue weighted by atomic mass is 10.0. The van der Waals surface area contributed by atoms with Crippen LogP contribution in [0.25, 0.3) is 0 Å². The van der Waals surface area contributed by atoms with Gasteiger partial charge in [-0.25, -0.2) is 0 Å². The fraction of sp³-hybridized carbons (Fsp3) is 0.400. The Bertz CT molecular complexity index is 938. The average molecular weight is 440 g/mol. The van der Waals surface area contributed by atoms with Crippen molar-refractivity contribution in [1.29, 1.82) is 0 Å². The van der Waals surface area contributed by atoms with Crippen LogP contribution >= 0.6 is 11.6 Å². The van der Waals surface area contributed by atoms with Crippen molar-refractivity contribution >= 4 is 17.8 Å². The molecule has 2 aromatic rings. The lowest BCUT2D eigenvalue weighted by Gasteiger charge is -2.39. The largest absolute Gasteiger partial charge is 0.495 e. The highest BCUT2D eigenvalue weighted by atomic mass is 35.5. The van der Waals surface area contributed by atoms with Gasteiger partial charge in [0.1, 0.15) is 36.4 Å². The molecule has 4 rings (SSSR count). The predicted molar refractivity (Wildman–Crippen MR) is 127 cm³/mol. The number of hydrogen-bond donors (Lipinski definition) is 1. The van der Waals surface area contributed by atoms with Gasteiger partial charge in [0.15, 0.2) is 0 Å². The molecule has 164 valence electrons.